The molecule has 4 fully saturated rings. The minimum absolute atomic E-state index is 0.0175. The van der Waals surface area contributed by atoms with Gasteiger partial charge in [-0.3, -0.25) is 0 Å². The maximum atomic E-state index is 2.92. The Balaban J connectivity index is 1.02. The molecule has 0 amide bonds. The summed E-state index contributed by atoms with van der Waals surface area (Å²) in [6.45, 7) is 20.9. The SMILES string of the molecule is CC(C)(C)c1ccc(-c2ccc3c(c2)B2c4ccc(N5C6CC7CC(C6)CC5C7)cc4N(c4c(-c5ccccc5)cccc4-c4ccccc4)c4cc(-n5c6ccc(C(C)(C)C)cc6c6cc(C(C)(C)C)ccc65)cc(c42)N3c2c(-c3ccccc3)cccc2-c2ccccc2)cc1. The molecule has 0 atom stereocenters. The van der Waals surface area contributed by atoms with Gasteiger partial charge in [-0.25, -0.2) is 0 Å². The molecule has 5 heterocycles. The summed E-state index contributed by atoms with van der Waals surface area (Å²) in [7, 11) is 0. The summed E-state index contributed by atoms with van der Waals surface area (Å²) < 4.78 is 2.63. The van der Waals surface area contributed by atoms with Crippen molar-refractivity contribution in [2.24, 2.45) is 11.8 Å². The molecule has 4 aliphatic heterocycles. The molecule has 13 aromatic rings. The Bertz CT molecular complexity index is 5060. The smallest absolute Gasteiger partial charge is 0.252 e. The summed E-state index contributed by atoms with van der Waals surface area (Å²) in [5.41, 5.74) is 31.5. The van der Waals surface area contributed by atoms with Gasteiger partial charge in [0.25, 0.3) is 6.71 Å². The number of fused-ring (bicyclic) bond motifs is 7. The number of rotatable bonds is 9. The van der Waals surface area contributed by atoms with Gasteiger partial charge in [0, 0.05) is 73.5 Å². The summed E-state index contributed by atoms with van der Waals surface area (Å²) in [4.78, 5) is 8.41. The molecule has 0 N–H and O–H groups in total. The molecule has 5 heteroatoms. The summed E-state index contributed by atoms with van der Waals surface area (Å²) in [6, 6.07) is 104. The van der Waals surface area contributed by atoms with Crippen molar-refractivity contribution in [3.8, 4) is 61.3 Å². The molecule has 12 aromatic carbocycles. The van der Waals surface area contributed by atoms with Crippen LogP contribution in [-0.4, -0.2) is 23.4 Å². The van der Waals surface area contributed by atoms with Gasteiger partial charge in [0.1, 0.15) is 0 Å². The van der Waals surface area contributed by atoms with Crippen LogP contribution in [0.2, 0.25) is 0 Å². The second kappa shape index (κ2) is 22.7. The van der Waals surface area contributed by atoms with Crippen LogP contribution in [-0.2, 0) is 16.2 Å². The number of hydrogen-bond acceptors (Lipinski definition) is 3. The number of hydrogen-bond donors (Lipinski definition) is 0. The lowest BCUT2D eigenvalue weighted by Crippen LogP contribution is -2.62. The Kier molecular flexibility index (Phi) is 14.0. The van der Waals surface area contributed by atoms with Gasteiger partial charge < -0.3 is 19.3 Å². The lowest BCUT2D eigenvalue weighted by Gasteiger charge is -2.57. The van der Waals surface area contributed by atoms with E-state index in [9.17, 15) is 0 Å². The van der Waals surface area contributed by atoms with Crippen LogP contribution < -0.4 is 31.1 Å². The van der Waals surface area contributed by atoms with Crippen molar-refractivity contribution in [3.05, 3.63) is 284 Å². The Labute approximate surface area is 580 Å². The average Bonchev–Trinajstić information content (AvgIpc) is 0.805. The standard InChI is InChI=1S/C93H85BN4/c1-91(2,3)67-39-36-61(37-40-67)66-38-45-84-81(53-66)94-80-44-43-70(95-71-49-59-48-60(51-71)52-72(95)50-59)56-85(80)98(90-76(64-28-18-12-19-29-64)34-23-35-77(90)65-30-20-13-21-31-65)87-58-73(96-82-46-41-68(92(4,5)6)54-78(82)79-55-69(93(7,8)9)42-47-83(79)96)57-86(88(87)94)97(84)89-74(62-24-14-10-15-25-62)32-22-33-75(89)63-26-16-11-17-27-63/h10-47,53-60,71-72H,48-52H2,1-9H3. The van der Waals surface area contributed by atoms with E-state index in [2.05, 4.69) is 349 Å². The van der Waals surface area contributed by atoms with Gasteiger partial charge in [0.05, 0.1) is 28.1 Å². The largest absolute Gasteiger partial charge is 0.365 e. The van der Waals surface area contributed by atoms with Gasteiger partial charge in [0.15, 0.2) is 0 Å². The third-order valence-corrected chi connectivity index (χ3v) is 22.9. The van der Waals surface area contributed by atoms with Crippen molar-refractivity contribution in [3.63, 3.8) is 0 Å². The van der Waals surface area contributed by atoms with E-state index in [0.29, 0.717) is 12.1 Å². The highest BCUT2D eigenvalue weighted by molar-refractivity contribution is 7.00. The lowest BCUT2D eigenvalue weighted by molar-refractivity contribution is 0.0900. The number of aromatic nitrogens is 1. The summed E-state index contributed by atoms with van der Waals surface area (Å²) in [5.74, 6) is 1.66. The molecule has 4 bridgehead atoms. The van der Waals surface area contributed by atoms with Gasteiger partial charge >= 0.3 is 0 Å². The van der Waals surface area contributed by atoms with Crippen molar-refractivity contribution in [2.45, 2.75) is 123 Å². The number of piperidine rings is 2. The highest BCUT2D eigenvalue weighted by atomic mass is 15.2. The van der Waals surface area contributed by atoms with E-state index >= 15 is 0 Å². The zero-order valence-corrected chi connectivity index (χ0v) is 58.1. The number of anilines is 7. The highest BCUT2D eigenvalue weighted by Gasteiger charge is 2.49. The van der Waals surface area contributed by atoms with E-state index in [1.54, 1.807) is 0 Å². The predicted octanol–water partition coefficient (Wildman–Crippen LogP) is 22.9. The molecule has 0 unspecified atom stereocenters. The topological polar surface area (TPSA) is 14.7 Å². The maximum Gasteiger partial charge on any atom is 0.252 e. The third kappa shape index (κ3) is 9.92. The first-order valence-corrected chi connectivity index (χ1v) is 36.0. The van der Waals surface area contributed by atoms with Crippen LogP contribution in [0.3, 0.4) is 0 Å². The normalized spacial score (nSPS) is 17.8. The number of para-hydroxylation sites is 2. The number of benzene rings is 12. The first-order valence-electron chi connectivity index (χ1n) is 36.0. The van der Waals surface area contributed by atoms with Crippen LogP contribution in [0.4, 0.5) is 39.8 Å². The molecule has 19 rings (SSSR count). The average molecular weight is 1270 g/mol. The van der Waals surface area contributed by atoms with Gasteiger partial charge in [-0.15, -0.1) is 0 Å². The molecule has 0 radical (unpaired) electrons. The summed E-state index contributed by atoms with van der Waals surface area (Å²) in [6.07, 6.45) is 6.54. The molecular weight excluding hydrogens is 1180 g/mol. The van der Waals surface area contributed by atoms with Gasteiger partial charge in [-0.1, -0.05) is 275 Å². The predicted molar refractivity (Wildman–Crippen MR) is 418 cm³/mol. The maximum absolute atomic E-state index is 2.92. The molecule has 98 heavy (non-hydrogen) atoms. The monoisotopic (exact) mass is 1270 g/mol. The van der Waals surface area contributed by atoms with E-state index in [-0.39, 0.29) is 23.0 Å². The van der Waals surface area contributed by atoms with Crippen LogP contribution in [0.25, 0.3) is 83.1 Å². The van der Waals surface area contributed by atoms with E-state index in [1.807, 2.05) is 0 Å². The fourth-order valence-corrected chi connectivity index (χ4v) is 18.2. The molecule has 6 aliphatic rings. The molecule has 480 valence electrons. The van der Waals surface area contributed by atoms with E-state index < -0.39 is 0 Å². The third-order valence-electron chi connectivity index (χ3n) is 22.9. The Morgan fingerprint density at radius 1 is 0.306 bits per heavy atom. The van der Waals surface area contributed by atoms with E-state index in [4.69, 9.17) is 0 Å². The van der Waals surface area contributed by atoms with E-state index in [1.165, 1.54) is 171 Å². The molecule has 1 aromatic heterocycles. The fourth-order valence-electron chi connectivity index (χ4n) is 18.2. The van der Waals surface area contributed by atoms with Crippen LogP contribution in [0, 0.1) is 11.8 Å². The van der Waals surface area contributed by atoms with Crippen LogP contribution in [0.1, 0.15) is 111 Å². The molecule has 2 saturated carbocycles. The minimum atomic E-state index is -0.183. The van der Waals surface area contributed by atoms with Crippen molar-refractivity contribution in [1.29, 1.82) is 0 Å². The van der Waals surface area contributed by atoms with Crippen LogP contribution in [0.5, 0.6) is 0 Å². The molecular formula is C93H85BN4. The van der Waals surface area contributed by atoms with Crippen LogP contribution in [0.15, 0.2) is 267 Å². The lowest BCUT2D eigenvalue weighted by atomic mass is 9.33. The van der Waals surface area contributed by atoms with Crippen molar-refractivity contribution in [2.75, 3.05) is 14.7 Å². The molecule has 4 nitrogen and oxygen atoms in total. The molecule has 2 saturated heterocycles. The van der Waals surface area contributed by atoms with Crippen molar-refractivity contribution in [1.82, 2.24) is 4.57 Å². The van der Waals surface area contributed by atoms with Crippen molar-refractivity contribution >= 4 is 84.7 Å². The Morgan fingerprint density at radius 3 is 1.15 bits per heavy atom. The molecule has 2 aliphatic carbocycles. The first kappa shape index (κ1) is 60.3. The minimum Gasteiger partial charge on any atom is -0.365 e. The van der Waals surface area contributed by atoms with Crippen molar-refractivity contribution < 1.29 is 0 Å². The quantitative estimate of drug-likeness (QED) is 0.134. The zero-order valence-electron chi connectivity index (χ0n) is 58.1. The number of nitrogens with zero attached hydrogens (tertiary/aromatic N) is 4. The zero-order chi connectivity index (χ0) is 66.5. The van der Waals surface area contributed by atoms with Gasteiger partial charge in [0.2, 0.25) is 0 Å². The second-order valence-electron chi connectivity index (χ2n) is 32.1. The highest BCUT2D eigenvalue weighted by Crippen LogP contribution is 2.56. The fraction of sp³-hybridized carbons (Fsp3) is 0.226. The Morgan fingerprint density at radius 2 is 0.714 bits per heavy atom. The van der Waals surface area contributed by atoms with Crippen LogP contribution >= 0.6 is 0 Å². The van der Waals surface area contributed by atoms with Gasteiger partial charge in [-0.2, -0.15) is 0 Å². The van der Waals surface area contributed by atoms with Gasteiger partial charge in [-0.05, 0) is 181 Å². The summed E-state index contributed by atoms with van der Waals surface area (Å²) >= 11 is 0. The van der Waals surface area contributed by atoms with E-state index in [0.717, 1.165) is 28.9 Å². The Hall–Kier alpha value is -10.1. The summed E-state index contributed by atoms with van der Waals surface area (Å²) in [5, 5.41) is 2.54. The second-order valence-corrected chi connectivity index (χ2v) is 32.1. The first-order chi connectivity index (χ1) is 47.5. The molecule has 0 spiro atoms.